The second-order valence-corrected chi connectivity index (χ2v) is 5.20. The van der Waals surface area contributed by atoms with Crippen LogP contribution in [0, 0.1) is 11.3 Å². The lowest BCUT2D eigenvalue weighted by atomic mass is 9.95. The van der Waals surface area contributed by atoms with Gasteiger partial charge in [-0.2, -0.15) is 0 Å². The third kappa shape index (κ3) is 3.66. The van der Waals surface area contributed by atoms with E-state index in [4.69, 9.17) is 0 Å². The number of aliphatic hydroxyl groups excluding tert-OH is 1. The van der Waals surface area contributed by atoms with Crippen molar-refractivity contribution in [1.29, 1.82) is 0 Å². The zero-order valence-corrected chi connectivity index (χ0v) is 9.34. The highest BCUT2D eigenvalue weighted by molar-refractivity contribution is 5.81. The summed E-state index contributed by atoms with van der Waals surface area (Å²) in [6.45, 7) is 6.26. The number of hydrogen-bond donors (Lipinski definition) is 2. The van der Waals surface area contributed by atoms with Crippen molar-refractivity contribution in [1.82, 2.24) is 5.32 Å². The van der Waals surface area contributed by atoms with Gasteiger partial charge in [-0.1, -0.05) is 20.8 Å². The zero-order valence-electron chi connectivity index (χ0n) is 9.34. The Balaban J connectivity index is 2.11. The summed E-state index contributed by atoms with van der Waals surface area (Å²) in [6.07, 6.45) is 2.77. The molecule has 14 heavy (non-hydrogen) atoms. The largest absolute Gasteiger partial charge is 0.393 e. The maximum atomic E-state index is 11.4. The van der Waals surface area contributed by atoms with Gasteiger partial charge >= 0.3 is 0 Å². The smallest absolute Gasteiger partial charge is 0.225 e. The van der Waals surface area contributed by atoms with Crippen LogP contribution in [0.5, 0.6) is 0 Å². The molecule has 0 bridgehead atoms. The summed E-state index contributed by atoms with van der Waals surface area (Å²) in [5, 5.41) is 12.4. The molecule has 1 saturated carbocycles. The highest BCUT2D eigenvalue weighted by Crippen LogP contribution is 2.33. The van der Waals surface area contributed by atoms with E-state index >= 15 is 0 Å². The molecule has 82 valence electrons. The summed E-state index contributed by atoms with van der Waals surface area (Å²) in [6, 6.07) is 0. The summed E-state index contributed by atoms with van der Waals surface area (Å²) in [7, 11) is 0. The van der Waals surface area contributed by atoms with Crippen molar-refractivity contribution in [3.05, 3.63) is 0 Å². The Morgan fingerprint density at radius 1 is 1.50 bits per heavy atom. The van der Waals surface area contributed by atoms with Gasteiger partial charge in [0, 0.05) is 12.0 Å². The van der Waals surface area contributed by atoms with E-state index in [1.807, 2.05) is 20.8 Å². The van der Waals surface area contributed by atoms with E-state index in [1.54, 1.807) is 0 Å². The number of hydrogen-bond acceptors (Lipinski definition) is 2. The fourth-order valence-electron chi connectivity index (χ4n) is 1.32. The SMILES string of the molecule is CC(C)(C)C(=O)NCCC(O)C1CC1. The van der Waals surface area contributed by atoms with Crippen LogP contribution in [-0.2, 0) is 4.79 Å². The number of rotatable bonds is 4. The number of carbonyl (C=O) groups excluding carboxylic acids is 1. The number of amides is 1. The molecule has 2 N–H and O–H groups in total. The molecule has 1 aliphatic rings. The van der Waals surface area contributed by atoms with Gasteiger partial charge in [0.25, 0.3) is 0 Å². The molecule has 3 nitrogen and oxygen atoms in total. The molecular weight excluding hydrogens is 178 g/mol. The van der Waals surface area contributed by atoms with Crippen LogP contribution < -0.4 is 5.32 Å². The minimum atomic E-state index is -0.329. The first-order chi connectivity index (χ1) is 6.41. The minimum Gasteiger partial charge on any atom is -0.393 e. The van der Waals surface area contributed by atoms with E-state index in [2.05, 4.69) is 5.32 Å². The van der Waals surface area contributed by atoms with E-state index in [1.165, 1.54) is 0 Å². The predicted molar refractivity (Wildman–Crippen MR) is 55.8 cm³/mol. The monoisotopic (exact) mass is 199 g/mol. The van der Waals surface area contributed by atoms with Crippen LogP contribution in [0.1, 0.15) is 40.0 Å². The highest BCUT2D eigenvalue weighted by atomic mass is 16.3. The lowest BCUT2D eigenvalue weighted by Crippen LogP contribution is -2.36. The normalized spacial score (nSPS) is 19.1. The lowest BCUT2D eigenvalue weighted by Gasteiger charge is -2.18. The van der Waals surface area contributed by atoms with Gasteiger partial charge in [-0.3, -0.25) is 4.79 Å². The number of nitrogens with one attached hydrogen (secondary N) is 1. The molecule has 0 aliphatic heterocycles. The number of carbonyl (C=O) groups is 1. The quantitative estimate of drug-likeness (QED) is 0.717. The van der Waals surface area contributed by atoms with Gasteiger partial charge in [0.1, 0.15) is 0 Å². The second kappa shape index (κ2) is 4.30. The van der Waals surface area contributed by atoms with Gasteiger partial charge < -0.3 is 10.4 Å². The van der Waals surface area contributed by atoms with Crippen LogP contribution >= 0.6 is 0 Å². The lowest BCUT2D eigenvalue weighted by molar-refractivity contribution is -0.128. The molecule has 1 unspecified atom stereocenters. The molecule has 0 aromatic carbocycles. The Morgan fingerprint density at radius 2 is 2.07 bits per heavy atom. The molecular formula is C11H21NO2. The van der Waals surface area contributed by atoms with Crippen molar-refractivity contribution < 1.29 is 9.90 Å². The molecule has 1 amide bonds. The predicted octanol–water partition coefficient (Wildman–Crippen LogP) is 1.31. The fraction of sp³-hybridized carbons (Fsp3) is 0.909. The third-order valence-corrected chi connectivity index (χ3v) is 2.57. The number of aliphatic hydroxyl groups is 1. The molecule has 0 saturated heterocycles. The van der Waals surface area contributed by atoms with Crippen molar-refractivity contribution in [2.24, 2.45) is 11.3 Å². The maximum absolute atomic E-state index is 11.4. The van der Waals surface area contributed by atoms with Crippen LogP contribution in [-0.4, -0.2) is 23.7 Å². The summed E-state index contributed by atoms with van der Waals surface area (Å²) >= 11 is 0. The van der Waals surface area contributed by atoms with Crippen LogP contribution in [0.2, 0.25) is 0 Å². The van der Waals surface area contributed by atoms with Gasteiger partial charge in [-0.05, 0) is 25.2 Å². The van der Waals surface area contributed by atoms with E-state index in [0.29, 0.717) is 18.9 Å². The van der Waals surface area contributed by atoms with Crippen molar-refractivity contribution in [2.75, 3.05) is 6.54 Å². The van der Waals surface area contributed by atoms with Crippen LogP contribution in [0.15, 0.2) is 0 Å². The van der Waals surface area contributed by atoms with E-state index < -0.39 is 0 Å². The summed E-state index contributed by atoms with van der Waals surface area (Å²) < 4.78 is 0. The third-order valence-electron chi connectivity index (χ3n) is 2.57. The van der Waals surface area contributed by atoms with E-state index in [-0.39, 0.29) is 17.4 Å². The maximum Gasteiger partial charge on any atom is 0.225 e. The summed E-state index contributed by atoms with van der Waals surface area (Å²) in [5.41, 5.74) is -0.329. The zero-order chi connectivity index (χ0) is 10.8. The van der Waals surface area contributed by atoms with Gasteiger partial charge in [0.2, 0.25) is 5.91 Å². The summed E-state index contributed by atoms with van der Waals surface area (Å²) in [5.74, 6) is 0.557. The van der Waals surface area contributed by atoms with Crippen LogP contribution in [0.4, 0.5) is 0 Å². The average Bonchev–Trinajstić information content (AvgIpc) is 2.84. The van der Waals surface area contributed by atoms with Crippen molar-refractivity contribution in [3.8, 4) is 0 Å². The fourth-order valence-corrected chi connectivity index (χ4v) is 1.32. The molecule has 1 rings (SSSR count). The molecule has 1 fully saturated rings. The second-order valence-electron chi connectivity index (χ2n) is 5.20. The summed E-state index contributed by atoms with van der Waals surface area (Å²) in [4.78, 5) is 11.4. The molecule has 0 heterocycles. The highest BCUT2D eigenvalue weighted by Gasteiger charge is 2.29. The van der Waals surface area contributed by atoms with Crippen molar-refractivity contribution >= 4 is 5.91 Å². The molecule has 0 aromatic heterocycles. The average molecular weight is 199 g/mol. The molecule has 0 radical (unpaired) electrons. The van der Waals surface area contributed by atoms with Crippen LogP contribution in [0.25, 0.3) is 0 Å². The van der Waals surface area contributed by atoms with Gasteiger partial charge in [-0.25, -0.2) is 0 Å². The first-order valence-electron chi connectivity index (χ1n) is 5.37. The molecule has 1 aliphatic carbocycles. The van der Waals surface area contributed by atoms with Gasteiger partial charge in [-0.15, -0.1) is 0 Å². The molecule has 3 heteroatoms. The molecule has 0 spiro atoms. The minimum absolute atomic E-state index is 0.0560. The molecule has 1 atom stereocenters. The van der Waals surface area contributed by atoms with E-state index in [0.717, 1.165) is 12.8 Å². The topological polar surface area (TPSA) is 49.3 Å². The Hall–Kier alpha value is -0.570. The van der Waals surface area contributed by atoms with Gasteiger partial charge in [0.05, 0.1) is 6.10 Å². The Bertz CT molecular complexity index is 204. The Labute approximate surface area is 85.9 Å². The van der Waals surface area contributed by atoms with E-state index in [9.17, 15) is 9.90 Å². The Kier molecular flexibility index (Phi) is 3.53. The Morgan fingerprint density at radius 3 is 2.50 bits per heavy atom. The first kappa shape index (κ1) is 11.5. The standard InChI is InChI=1S/C11H21NO2/c1-11(2,3)10(14)12-7-6-9(13)8-4-5-8/h8-9,13H,4-7H2,1-3H3,(H,12,14). The van der Waals surface area contributed by atoms with Crippen LogP contribution in [0.3, 0.4) is 0 Å². The van der Waals surface area contributed by atoms with Gasteiger partial charge in [0.15, 0.2) is 0 Å². The first-order valence-corrected chi connectivity index (χ1v) is 5.37. The van der Waals surface area contributed by atoms with Crippen molar-refractivity contribution in [2.45, 2.75) is 46.1 Å². The van der Waals surface area contributed by atoms with Crippen molar-refractivity contribution in [3.63, 3.8) is 0 Å². The molecule has 0 aromatic rings.